The van der Waals surface area contributed by atoms with Gasteiger partial charge in [0.2, 0.25) is 17.8 Å². The average molecular weight is 700 g/mol. The maximum Gasteiger partial charge on any atom is 0.416 e. The number of piperazine rings is 1. The lowest BCUT2D eigenvalue weighted by atomic mass is 9.91. The molecule has 0 radical (unpaired) electrons. The molecule has 0 bridgehead atoms. The molecule has 1 spiro atoms. The molecule has 3 amide bonds. The van der Waals surface area contributed by atoms with Crippen LogP contribution in [0.5, 0.6) is 5.75 Å². The third-order valence-corrected chi connectivity index (χ3v) is 9.78. The van der Waals surface area contributed by atoms with Gasteiger partial charge in [0, 0.05) is 73.6 Å². The predicted molar refractivity (Wildman–Crippen MR) is 185 cm³/mol. The Morgan fingerprint density at radius 2 is 1.75 bits per heavy atom. The number of ether oxygens (including phenoxy) is 1. The molecular formula is C37H36F3N7O4. The third-order valence-electron chi connectivity index (χ3n) is 9.78. The lowest BCUT2D eigenvalue weighted by molar-refractivity contribution is -0.137. The maximum absolute atomic E-state index is 14.1. The molecule has 1 saturated heterocycles. The monoisotopic (exact) mass is 699 g/mol. The third kappa shape index (κ3) is 6.53. The van der Waals surface area contributed by atoms with E-state index in [1.54, 1.807) is 43.3 Å². The van der Waals surface area contributed by atoms with Gasteiger partial charge in [-0.1, -0.05) is 12.1 Å². The Hall–Kier alpha value is -5.66. The Balaban J connectivity index is 1.09. The first-order valence-electron chi connectivity index (χ1n) is 16.6. The Morgan fingerprint density at radius 1 is 0.980 bits per heavy atom. The molecule has 51 heavy (non-hydrogen) atoms. The number of carbonyl (C=O) groups excluding carboxylic acids is 3. The van der Waals surface area contributed by atoms with Crippen molar-refractivity contribution < 1.29 is 32.3 Å². The van der Waals surface area contributed by atoms with Crippen molar-refractivity contribution >= 4 is 46.4 Å². The number of methoxy groups -OCH3 is 1. The molecule has 7 rings (SSSR count). The lowest BCUT2D eigenvalue weighted by Gasteiger charge is -2.36. The van der Waals surface area contributed by atoms with E-state index in [2.05, 4.69) is 20.5 Å². The van der Waals surface area contributed by atoms with E-state index >= 15 is 0 Å². The second-order valence-electron chi connectivity index (χ2n) is 13.1. The van der Waals surface area contributed by atoms with Crippen LogP contribution in [0, 0.1) is 6.92 Å². The SMILES string of the molecule is COc1cc(N2CCN(C(C)=O)CC2)ccc1Nc1ncc2c(n1)C1(CC1)C(=O)N(c1cc(NC(=O)c3cccc(C(F)(F)F)c3)ccc1C)C2. The molecule has 0 atom stereocenters. The standard InChI is InChI=1S/C37H36F3N7O4/c1-22-7-8-27(42-33(49)24-5-4-6-26(17-24)37(38,39)40)18-30(22)47-21-25-20-41-35(44-32(25)36(11-12-36)34(47)50)43-29-10-9-28(19-31(29)51-3)46-15-13-45(14-16-46)23(2)48/h4-10,17-20H,11-16,21H2,1-3H3,(H,42,49)(H,41,43,44). The van der Waals surface area contributed by atoms with E-state index in [1.165, 1.54) is 12.1 Å². The van der Waals surface area contributed by atoms with Gasteiger partial charge >= 0.3 is 6.18 Å². The Kier molecular flexibility index (Phi) is 8.56. The van der Waals surface area contributed by atoms with Crippen molar-refractivity contribution in [2.75, 3.05) is 53.7 Å². The van der Waals surface area contributed by atoms with Crippen molar-refractivity contribution in [2.24, 2.45) is 0 Å². The first-order chi connectivity index (χ1) is 24.4. The van der Waals surface area contributed by atoms with Gasteiger partial charge in [0.25, 0.3) is 5.91 Å². The van der Waals surface area contributed by atoms with Crippen LogP contribution in [0.3, 0.4) is 0 Å². The Morgan fingerprint density at radius 3 is 2.43 bits per heavy atom. The van der Waals surface area contributed by atoms with Crippen molar-refractivity contribution in [1.29, 1.82) is 0 Å². The fourth-order valence-electron chi connectivity index (χ4n) is 6.77. The molecule has 2 fully saturated rings. The van der Waals surface area contributed by atoms with Crippen molar-refractivity contribution in [3.05, 3.63) is 94.8 Å². The maximum atomic E-state index is 14.1. The molecule has 1 aromatic heterocycles. The highest BCUT2D eigenvalue weighted by Crippen LogP contribution is 2.53. The van der Waals surface area contributed by atoms with Crippen LogP contribution in [0.25, 0.3) is 0 Å². The summed E-state index contributed by atoms with van der Waals surface area (Å²) in [6.45, 7) is 6.39. The highest BCUT2D eigenvalue weighted by Gasteiger charge is 2.58. The zero-order valence-electron chi connectivity index (χ0n) is 28.3. The quantitative estimate of drug-likeness (QED) is 0.239. The van der Waals surface area contributed by atoms with Gasteiger partial charge in [0.05, 0.1) is 36.0 Å². The van der Waals surface area contributed by atoms with Crippen LogP contribution in [0.15, 0.2) is 66.9 Å². The number of benzene rings is 3. The summed E-state index contributed by atoms with van der Waals surface area (Å²) in [5.74, 6) is 0.191. The minimum atomic E-state index is -4.58. The molecule has 4 aromatic rings. The number of halogens is 3. The zero-order chi connectivity index (χ0) is 36.1. The topological polar surface area (TPSA) is 120 Å². The van der Waals surface area contributed by atoms with E-state index in [0.29, 0.717) is 60.4 Å². The molecule has 11 nitrogen and oxygen atoms in total. The summed E-state index contributed by atoms with van der Waals surface area (Å²) in [4.78, 5) is 53.9. The highest BCUT2D eigenvalue weighted by atomic mass is 19.4. The van der Waals surface area contributed by atoms with Crippen LogP contribution >= 0.6 is 0 Å². The van der Waals surface area contributed by atoms with Gasteiger partial charge in [0.1, 0.15) is 5.75 Å². The summed E-state index contributed by atoms with van der Waals surface area (Å²) in [7, 11) is 1.59. The molecule has 1 saturated carbocycles. The van der Waals surface area contributed by atoms with Crippen LogP contribution < -0.4 is 25.2 Å². The molecule has 3 aromatic carbocycles. The number of aromatic nitrogens is 2. The summed E-state index contributed by atoms with van der Waals surface area (Å²) >= 11 is 0. The number of carbonyl (C=O) groups is 3. The van der Waals surface area contributed by atoms with Crippen LogP contribution in [-0.4, -0.2) is 65.9 Å². The molecule has 2 aliphatic heterocycles. The van der Waals surface area contributed by atoms with Gasteiger partial charge in [-0.15, -0.1) is 0 Å². The van der Waals surface area contributed by atoms with Crippen LogP contribution in [-0.2, 0) is 27.7 Å². The van der Waals surface area contributed by atoms with Gasteiger partial charge in [-0.2, -0.15) is 13.2 Å². The normalized spacial score (nSPS) is 16.5. The van der Waals surface area contributed by atoms with E-state index < -0.39 is 23.1 Å². The van der Waals surface area contributed by atoms with E-state index in [0.717, 1.165) is 42.0 Å². The van der Waals surface area contributed by atoms with Crippen molar-refractivity contribution in [3.8, 4) is 5.75 Å². The number of hydrogen-bond acceptors (Lipinski definition) is 8. The molecule has 1 aliphatic carbocycles. The lowest BCUT2D eigenvalue weighted by Crippen LogP contribution is -2.48. The second-order valence-corrected chi connectivity index (χ2v) is 13.1. The summed E-state index contributed by atoms with van der Waals surface area (Å²) in [6.07, 6.45) is -1.63. The summed E-state index contributed by atoms with van der Waals surface area (Å²) in [5, 5.41) is 5.94. The number of aryl methyl sites for hydroxylation is 1. The first kappa shape index (κ1) is 33.8. The van der Waals surface area contributed by atoms with E-state index in [-0.39, 0.29) is 23.9 Å². The summed E-state index contributed by atoms with van der Waals surface area (Å²) < 4.78 is 45.4. The van der Waals surface area contributed by atoms with Crippen molar-refractivity contribution in [1.82, 2.24) is 14.9 Å². The zero-order valence-corrected chi connectivity index (χ0v) is 28.3. The van der Waals surface area contributed by atoms with E-state index in [9.17, 15) is 27.6 Å². The number of rotatable bonds is 7. The number of anilines is 5. The second kappa shape index (κ2) is 12.9. The average Bonchev–Trinajstić information content (AvgIpc) is 3.93. The minimum absolute atomic E-state index is 0.0732. The molecule has 2 N–H and O–H groups in total. The fraction of sp³-hybridized carbons (Fsp3) is 0.324. The van der Waals surface area contributed by atoms with Gasteiger partial charge in [-0.05, 0) is 67.8 Å². The van der Waals surface area contributed by atoms with E-state index in [4.69, 9.17) is 9.72 Å². The fourth-order valence-corrected chi connectivity index (χ4v) is 6.77. The van der Waals surface area contributed by atoms with Gasteiger partial charge < -0.3 is 30.1 Å². The Bertz CT molecular complexity index is 2040. The largest absolute Gasteiger partial charge is 0.494 e. The molecule has 3 heterocycles. The van der Waals surface area contributed by atoms with Gasteiger partial charge in [0.15, 0.2) is 0 Å². The smallest absolute Gasteiger partial charge is 0.416 e. The molecule has 3 aliphatic rings. The number of alkyl halides is 3. The van der Waals surface area contributed by atoms with Crippen LogP contribution in [0.1, 0.15) is 52.5 Å². The highest BCUT2D eigenvalue weighted by molar-refractivity contribution is 6.07. The minimum Gasteiger partial charge on any atom is -0.494 e. The molecule has 264 valence electrons. The number of amides is 3. The summed E-state index contributed by atoms with van der Waals surface area (Å²) in [5.41, 5.74) is 2.95. The van der Waals surface area contributed by atoms with E-state index in [1.807, 2.05) is 30.0 Å². The molecular weight excluding hydrogens is 663 g/mol. The van der Waals surface area contributed by atoms with Gasteiger partial charge in [-0.25, -0.2) is 9.97 Å². The Labute approximate surface area is 292 Å². The number of nitrogens with one attached hydrogen (secondary N) is 2. The first-order valence-corrected chi connectivity index (χ1v) is 16.6. The van der Waals surface area contributed by atoms with Crippen LogP contribution in [0.2, 0.25) is 0 Å². The van der Waals surface area contributed by atoms with Crippen molar-refractivity contribution in [2.45, 2.75) is 44.8 Å². The summed E-state index contributed by atoms with van der Waals surface area (Å²) in [6, 6.07) is 15.1. The number of hydrogen-bond donors (Lipinski definition) is 2. The molecule has 0 unspecified atom stereocenters. The predicted octanol–water partition coefficient (Wildman–Crippen LogP) is 6.06. The molecule has 14 heteroatoms. The number of fused-ring (bicyclic) bond motifs is 2. The number of nitrogens with zero attached hydrogens (tertiary/aromatic N) is 5. The van der Waals surface area contributed by atoms with Gasteiger partial charge in [-0.3, -0.25) is 14.4 Å². The van der Waals surface area contributed by atoms with Crippen molar-refractivity contribution in [3.63, 3.8) is 0 Å². The van der Waals surface area contributed by atoms with Crippen LogP contribution in [0.4, 0.5) is 41.9 Å².